The molecule has 0 amide bonds. The van der Waals surface area contributed by atoms with Gasteiger partial charge in [0.2, 0.25) is 0 Å². The summed E-state index contributed by atoms with van der Waals surface area (Å²) in [5.74, 6) is 2.84. The molecule has 3 aliphatic carbocycles. The topological polar surface area (TPSA) is 55.8 Å². The number of nitrogens with zero attached hydrogens (tertiary/aromatic N) is 1. The highest BCUT2D eigenvalue weighted by Crippen LogP contribution is 2.65. The summed E-state index contributed by atoms with van der Waals surface area (Å²) in [5.41, 5.74) is 5.35. The van der Waals surface area contributed by atoms with Gasteiger partial charge in [0.1, 0.15) is 12.4 Å². The average Bonchev–Trinajstić information content (AvgIpc) is 3.69. The van der Waals surface area contributed by atoms with Crippen LogP contribution >= 0.6 is 0 Å². The number of rotatable bonds is 6. The second kappa shape index (κ2) is 8.34. The molecule has 5 aliphatic rings. The van der Waals surface area contributed by atoms with E-state index in [0.717, 1.165) is 64.2 Å². The Balaban J connectivity index is 1.22. The SMILES string of the molecule is C[N@+]1(CC2CC2)CC[C@]23c4c5c(OCc6ccccc6-c6ccccc6)cc(O)c4O[C@H]2C(=O)CC[C@H]3[C@H]1C5. The van der Waals surface area contributed by atoms with Crippen LogP contribution in [0.5, 0.6) is 17.2 Å². The maximum atomic E-state index is 13.3. The summed E-state index contributed by atoms with van der Waals surface area (Å²) >= 11 is 0. The molecule has 5 atom stereocenters. The van der Waals surface area contributed by atoms with Crippen molar-refractivity contribution >= 4 is 5.78 Å². The molecule has 3 fully saturated rings. The summed E-state index contributed by atoms with van der Waals surface area (Å²) < 4.78 is 14.1. The van der Waals surface area contributed by atoms with Crippen LogP contribution in [-0.2, 0) is 23.2 Å². The number of ketones is 1. The van der Waals surface area contributed by atoms with Gasteiger partial charge in [-0.3, -0.25) is 4.79 Å². The monoisotopic (exact) mass is 522 g/mol. The first-order valence-corrected chi connectivity index (χ1v) is 14.7. The van der Waals surface area contributed by atoms with E-state index in [1.807, 2.05) is 6.07 Å². The Morgan fingerprint density at radius 3 is 2.69 bits per heavy atom. The Labute approximate surface area is 230 Å². The van der Waals surface area contributed by atoms with Crippen molar-refractivity contribution in [2.75, 3.05) is 20.1 Å². The van der Waals surface area contributed by atoms with Crippen LogP contribution in [0.1, 0.15) is 48.8 Å². The first-order chi connectivity index (χ1) is 19.0. The molecule has 5 nitrogen and oxygen atoms in total. The molecule has 8 rings (SSSR count). The highest BCUT2D eigenvalue weighted by molar-refractivity contribution is 5.89. The molecule has 1 saturated heterocycles. The van der Waals surface area contributed by atoms with Gasteiger partial charge in [-0.1, -0.05) is 54.6 Å². The number of quaternary nitrogens is 1. The molecule has 5 heteroatoms. The van der Waals surface area contributed by atoms with Gasteiger partial charge in [-0.2, -0.15) is 0 Å². The average molecular weight is 523 g/mol. The van der Waals surface area contributed by atoms with E-state index in [1.54, 1.807) is 6.07 Å². The van der Waals surface area contributed by atoms with Crippen LogP contribution in [-0.4, -0.2) is 47.7 Å². The maximum absolute atomic E-state index is 13.3. The van der Waals surface area contributed by atoms with Crippen molar-refractivity contribution in [3.8, 4) is 28.4 Å². The largest absolute Gasteiger partial charge is 0.504 e. The van der Waals surface area contributed by atoms with E-state index < -0.39 is 6.10 Å². The standard InChI is InChI=1S/C34H35NO4/c1-35(19-21-11-12-21)16-15-34-26-13-14-28(36)33(34)39-32-29(37)18-30(25(31(32)34)17-27(26)35)38-20-23-9-5-6-10-24(23)22-7-3-2-4-8-22/h2-10,18,21,26-27,33H,11-17,19-20H2,1H3/p+1/t26-,27+,33-,34-,35+/m0/s1. The number of hydrogen-bond donors (Lipinski definition) is 1. The molecule has 0 aromatic heterocycles. The van der Waals surface area contributed by atoms with Crippen LogP contribution in [0, 0.1) is 11.8 Å². The highest BCUT2D eigenvalue weighted by Gasteiger charge is 2.69. The van der Waals surface area contributed by atoms with E-state index in [9.17, 15) is 9.90 Å². The van der Waals surface area contributed by atoms with Crippen molar-refractivity contribution in [3.63, 3.8) is 0 Å². The quantitative estimate of drug-likeness (QED) is 0.416. The number of hydrogen-bond acceptors (Lipinski definition) is 4. The number of piperidine rings is 1. The normalized spacial score (nSPS) is 31.9. The van der Waals surface area contributed by atoms with Gasteiger partial charge in [0.15, 0.2) is 23.4 Å². The third-order valence-electron chi connectivity index (χ3n) is 10.7. The summed E-state index contributed by atoms with van der Waals surface area (Å²) in [7, 11) is 2.46. The molecule has 2 aliphatic heterocycles. The van der Waals surface area contributed by atoms with E-state index >= 15 is 0 Å². The molecule has 2 heterocycles. The van der Waals surface area contributed by atoms with Crippen LogP contribution in [0.2, 0.25) is 0 Å². The zero-order valence-corrected chi connectivity index (χ0v) is 22.6. The van der Waals surface area contributed by atoms with Crippen LogP contribution in [0.15, 0.2) is 60.7 Å². The fourth-order valence-corrected chi connectivity index (χ4v) is 8.79. The number of likely N-dealkylation sites (N-methyl/N-ethyl adjacent to an activating group) is 1. The second-order valence-corrected chi connectivity index (χ2v) is 12.9. The first-order valence-electron chi connectivity index (χ1n) is 14.7. The lowest BCUT2D eigenvalue weighted by molar-refractivity contribution is -0.946. The van der Waals surface area contributed by atoms with Gasteiger partial charge < -0.3 is 19.1 Å². The number of carbonyl (C=O) groups excluding carboxylic acids is 1. The fraction of sp³-hybridized carbons (Fsp3) is 0.441. The van der Waals surface area contributed by atoms with Gasteiger partial charge in [-0.05, 0) is 36.0 Å². The maximum Gasteiger partial charge on any atom is 0.174 e. The summed E-state index contributed by atoms with van der Waals surface area (Å²) in [4.78, 5) is 13.3. The van der Waals surface area contributed by atoms with Crippen LogP contribution in [0.25, 0.3) is 11.1 Å². The first kappa shape index (κ1) is 23.6. The third-order valence-corrected chi connectivity index (χ3v) is 10.7. The van der Waals surface area contributed by atoms with Crippen molar-refractivity contribution in [1.29, 1.82) is 0 Å². The van der Waals surface area contributed by atoms with E-state index in [1.165, 1.54) is 24.9 Å². The summed E-state index contributed by atoms with van der Waals surface area (Å²) in [6, 6.07) is 21.0. The zero-order chi connectivity index (χ0) is 26.4. The summed E-state index contributed by atoms with van der Waals surface area (Å²) in [6.45, 7) is 2.71. The van der Waals surface area contributed by atoms with E-state index in [4.69, 9.17) is 9.47 Å². The molecule has 2 bridgehead atoms. The molecule has 1 spiro atoms. The van der Waals surface area contributed by atoms with E-state index in [2.05, 4.69) is 55.6 Å². The number of Topliss-reactive ketones (excluding diaryl/α,β-unsaturated/α-hetero) is 1. The number of ether oxygens (including phenoxy) is 2. The minimum absolute atomic E-state index is 0.106. The fourth-order valence-electron chi connectivity index (χ4n) is 8.79. The molecule has 1 N–H and O–H groups in total. The summed E-state index contributed by atoms with van der Waals surface area (Å²) in [5, 5.41) is 11.2. The lowest BCUT2D eigenvalue weighted by atomic mass is 9.51. The lowest BCUT2D eigenvalue weighted by Gasteiger charge is -2.60. The van der Waals surface area contributed by atoms with Crippen molar-refractivity contribution in [3.05, 3.63) is 77.4 Å². The van der Waals surface area contributed by atoms with Gasteiger partial charge in [-0.15, -0.1) is 0 Å². The molecule has 3 aromatic carbocycles. The second-order valence-electron chi connectivity index (χ2n) is 12.9. The van der Waals surface area contributed by atoms with E-state index in [-0.39, 0.29) is 16.9 Å². The zero-order valence-electron chi connectivity index (χ0n) is 22.6. The van der Waals surface area contributed by atoms with Crippen LogP contribution in [0.4, 0.5) is 0 Å². The van der Waals surface area contributed by atoms with Crippen molar-refractivity contribution in [2.45, 2.75) is 62.7 Å². The Bertz CT molecular complexity index is 1480. The molecule has 0 unspecified atom stereocenters. The number of phenols is 1. The minimum atomic E-state index is -0.470. The Kier molecular flexibility index (Phi) is 5.04. The number of benzene rings is 3. The molecule has 39 heavy (non-hydrogen) atoms. The predicted octanol–water partition coefficient (Wildman–Crippen LogP) is 5.80. The van der Waals surface area contributed by atoms with Gasteiger partial charge in [0.05, 0.1) is 31.6 Å². The number of phenolic OH excluding ortho intramolecular Hbond substituents is 1. The van der Waals surface area contributed by atoms with Crippen LogP contribution < -0.4 is 9.47 Å². The molecule has 2 saturated carbocycles. The van der Waals surface area contributed by atoms with Gasteiger partial charge >= 0.3 is 0 Å². The molecule has 3 aromatic rings. The molecule has 200 valence electrons. The van der Waals surface area contributed by atoms with E-state index in [0.29, 0.717) is 30.7 Å². The predicted molar refractivity (Wildman–Crippen MR) is 149 cm³/mol. The number of likely N-dealkylation sites (tertiary alicyclic amines) is 1. The Hall–Kier alpha value is -3.31. The Morgan fingerprint density at radius 2 is 1.87 bits per heavy atom. The van der Waals surface area contributed by atoms with Crippen LogP contribution in [0.3, 0.4) is 0 Å². The van der Waals surface area contributed by atoms with Gasteiger partial charge in [0.25, 0.3) is 0 Å². The molecular formula is C34H36NO4+. The van der Waals surface area contributed by atoms with Crippen molar-refractivity contribution < 1.29 is 23.9 Å². The minimum Gasteiger partial charge on any atom is -0.504 e. The molecule has 0 radical (unpaired) electrons. The highest BCUT2D eigenvalue weighted by atomic mass is 16.5. The molecular weight excluding hydrogens is 486 g/mol. The summed E-state index contributed by atoms with van der Waals surface area (Å²) in [6.07, 6.45) is 5.60. The Morgan fingerprint density at radius 1 is 1.08 bits per heavy atom. The number of aromatic hydroxyl groups is 1. The smallest absolute Gasteiger partial charge is 0.174 e. The van der Waals surface area contributed by atoms with Gasteiger partial charge in [-0.25, -0.2) is 0 Å². The van der Waals surface area contributed by atoms with Gasteiger partial charge in [0, 0.05) is 48.3 Å². The van der Waals surface area contributed by atoms with Crippen molar-refractivity contribution in [2.24, 2.45) is 11.8 Å². The lowest BCUT2D eigenvalue weighted by Crippen LogP contribution is -2.72. The third kappa shape index (κ3) is 3.38. The number of carbonyl (C=O) groups is 1. The van der Waals surface area contributed by atoms with Crippen molar-refractivity contribution in [1.82, 2.24) is 0 Å².